The second-order valence-electron chi connectivity index (χ2n) is 5.85. The maximum atomic E-state index is 12.6. The van der Waals surface area contributed by atoms with Crippen LogP contribution in [0.3, 0.4) is 0 Å². The van der Waals surface area contributed by atoms with Crippen LogP contribution in [0.1, 0.15) is 12.8 Å². The third-order valence-corrected chi connectivity index (χ3v) is 4.36. The van der Waals surface area contributed by atoms with Gasteiger partial charge in [-0.3, -0.25) is 14.9 Å². The summed E-state index contributed by atoms with van der Waals surface area (Å²) in [6.45, 7) is 3.95. The molecule has 0 aliphatic carbocycles. The van der Waals surface area contributed by atoms with E-state index in [1.807, 2.05) is 9.80 Å². The van der Waals surface area contributed by atoms with E-state index < -0.39 is 4.92 Å². The van der Waals surface area contributed by atoms with Crippen LogP contribution in [0.15, 0.2) is 18.3 Å². The van der Waals surface area contributed by atoms with Crippen molar-refractivity contribution in [1.29, 1.82) is 0 Å². The predicted octanol–water partition coefficient (Wildman–Crippen LogP) is 1.06. The SMILES string of the molecule is O=C(C1CCCN(c2ccc([N+](=O)[O-])cn2)C1)N1CCOCC1. The fourth-order valence-corrected chi connectivity index (χ4v) is 3.10. The van der Waals surface area contributed by atoms with Crippen LogP contribution < -0.4 is 4.90 Å². The molecule has 1 unspecified atom stereocenters. The Hall–Kier alpha value is -2.22. The fourth-order valence-electron chi connectivity index (χ4n) is 3.10. The minimum Gasteiger partial charge on any atom is -0.378 e. The maximum Gasteiger partial charge on any atom is 0.287 e. The van der Waals surface area contributed by atoms with Crippen LogP contribution in [0.5, 0.6) is 0 Å². The normalized spacial score (nSPS) is 22.0. The van der Waals surface area contributed by atoms with Crippen LogP contribution in [-0.4, -0.2) is 60.1 Å². The number of rotatable bonds is 3. The van der Waals surface area contributed by atoms with Crippen molar-refractivity contribution >= 4 is 17.4 Å². The monoisotopic (exact) mass is 320 g/mol. The van der Waals surface area contributed by atoms with Crippen molar-refractivity contribution in [3.63, 3.8) is 0 Å². The number of morpholine rings is 1. The summed E-state index contributed by atoms with van der Waals surface area (Å²) in [5.74, 6) is 0.828. The Labute approximate surface area is 134 Å². The number of carbonyl (C=O) groups is 1. The molecular formula is C15H20N4O4. The molecule has 0 spiro atoms. The van der Waals surface area contributed by atoms with Crippen molar-refractivity contribution in [3.05, 3.63) is 28.4 Å². The third-order valence-electron chi connectivity index (χ3n) is 4.36. The Balaban J connectivity index is 1.65. The standard InChI is InChI=1S/C15H20N4O4/c20-15(17-6-8-23-9-7-17)12-2-1-5-18(11-12)14-4-3-13(10-16-14)19(21)22/h3-4,10,12H,1-2,5-9,11H2. The first kappa shape index (κ1) is 15.7. The predicted molar refractivity (Wildman–Crippen MR) is 83.2 cm³/mol. The summed E-state index contributed by atoms with van der Waals surface area (Å²) in [6.07, 6.45) is 3.06. The molecule has 0 aromatic carbocycles. The Morgan fingerprint density at radius 1 is 1.30 bits per heavy atom. The summed E-state index contributed by atoms with van der Waals surface area (Å²) in [4.78, 5) is 30.9. The van der Waals surface area contributed by atoms with E-state index in [0.29, 0.717) is 38.7 Å². The van der Waals surface area contributed by atoms with Gasteiger partial charge in [0, 0.05) is 32.2 Å². The highest BCUT2D eigenvalue weighted by atomic mass is 16.6. The number of amides is 1. The number of nitrogens with zero attached hydrogens (tertiary/aromatic N) is 4. The molecule has 2 fully saturated rings. The molecule has 8 heteroatoms. The summed E-state index contributed by atoms with van der Waals surface area (Å²) in [7, 11) is 0. The fraction of sp³-hybridized carbons (Fsp3) is 0.600. The molecule has 2 aliphatic rings. The zero-order valence-electron chi connectivity index (χ0n) is 12.9. The van der Waals surface area contributed by atoms with Crippen molar-refractivity contribution in [2.45, 2.75) is 12.8 Å². The van der Waals surface area contributed by atoms with Gasteiger partial charge in [-0.25, -0.2) is 4.98 Å². The van der Waals surface area contributed by atoms with E-state index in [-0.39, 0.29) is 17.5 Å². The minimum absolute atomic E-state index is 0.0216. The Kier molecular flexibility index (Phi) is 4.71. The Bertz CT molecular complexity index is 571. The van der Waals surface area contributed by atoms with Gasteiger partial charge >= 0.3 is 0 Å². The van der Waals surface area contributed by atoms with Crippen molar-refractivity contribution < 1.29 is 14.5 Å². The lowest BCUT2D eigenvalue weighted by molar-refractivity contribution is -0.385. The molecule has 1 aromatic heterocycles. The van der Waals surface area contributed by atoms with E-state index in [1.165, 1.54) is 12.3 Å². The smallest absolute Gasteiger partial charge is 0.287 e. The van der Waals surface area contributed by atoms with Crippen LogP contribution in [0, 0.1) is 16.0 Å². The first-order valence-electron chi connectivity index (χ1n) is 7.87. The number of hydrogen-bond donors (Lipinski definition) is 0. The molecule has 2 saturated heterocycles. The molecule has 0 N–H and O–H groups in total. The lowest BCUT2D eigenvalue weighted by Crippen LogP contribution is -2.48. The van der Waals surface area contributed by atoms with Gasteiger partial charge in [-0.2, -0.15) is 0 Å². The zero-order chi connectivity index (χ0) is 16.2. The van der Waals surface area contributed by atoms with Crippen LogP contribution in [0.2, 0.25) is 0 Å². The molecule has 124 valence electrons. The van der Waals surface area contributed by atoms with Crippen molar-refractivity contribution in [2.75, 3.05) is 44.3 Å². The van der Waals surface area contributed by atoms with E-state index in [1.54, 1.807) is 6.07 Å². The lowest BCUT2D eigenvalue weighted by atomic mass is 9.96. The number of anilines is 1. The van der Waals surface area contributed by atoms with E-state index in [4.69, 9.17) is 4.74 Å². The summed E-state index contributed by atoms with van der Waals surface area (Å²) in [6, 6.07) is 3.11. The summed E-state index contributed by atoms with van der Waals surface area (Å²) < 4.78 is 5.29. The number of nitro groups is 1. The van der Waals surface area contributed by atoms with Crippen LogP contribution in [0.25, 0.3) is 0 Å². The highest BCUT2D eigenvalue weighted by Crippen LogP contribution is 2.24. The van der Waals surface area contributed by atoms with Gasteiger partial charge in [-0.15, -0.1) is 0 Å². The van der Waals surface area contributed by atoms with Crippen molar-refractivity contribution in [1.82, 2.24) is 9.88 Å². The van der Waals surface area contributed by atoms with Gasteiger partial charge < -0.3 is 14.5 Å². The molecule has 1 aromatic rings. The molecule has 3 rings (SSSR count). The number of carbonyl (C=O) groups excluding carboxylic acids is 1. The van der Waals surface area contributed by atoms with E-state index in [2.05, 4.69) is 4.98 Å². The maximum absolute atomic E-state index is 12.6. The second-order valence-corrected chi connectivity index (χ2v) is 5.85. The molecule has 23 heavy (non-hydrogen) atoms. The van der Waals surface area contributed by atoms with Gasteiger partial charge in [0.25, 0.3) is 5.69 Å². The largest absolute Gasteiger partial charge is 0.378 e. The molecule has 0 saturated carbocycles. The highest BCUT2D eigenvalue weighted by molar-refractivity contribution is 5.79. The molecule has 8 nitrogen and oxygen atoms in total. The lowest BCUT2D eigenvalue weighted by Gasteiger charge is -2.36. The highest BCUT2D eigenvalue weighted by Gasteiger charge is 2.30. The van der Waals surface area contributed by atoms with Crippen LogP contribution >= 0.6 is 0 Å². The summed E-state index contributed by atoms with van der Waals surface area (Å²) in [5.41, 5.74) is -0.0216. The number of aromatic nitrogens is 1. The van der Waals surface area contributed by atoms with E-state index in [0.717, 1.165) is 19.4 Å². The number of hydrogen-bond acceptors (Lipinski definition) is 6. The average Bonchev–Trinajstić information content (AvgIpc) is 2.62. The summed E-state index contributed by atoms with van der Waals surface area (Å²) >= 11 is 0. The topological polar surface area (TPSA) is 88.8 Å². The molecular weight excluding hydrogens is 300 g/mol. The Morgan fingerprint density at radius 2 is 2.09 bits per heavy atom. The van der Waals surface area contributed by atoms with Crippen LogP contribution in [-0.2, 0) is 9.53 Å². The number of pyridine rings is 1. The average molecular weight is 320 g/mol. The van der Waals surface area contributed by atoms with E-state index in [9.17, 15) is 14.9 Å². The van der Waals surface area contributed by atoms with Crippen LogP contribution in [0.4, 0.5) is 11.5 Å². The van der Waals surface area contributed by atoms with Crippen molar-refractivity contribution in [3.8, 4) is 0 Å². The van der Waals surface area contributed by atoms with Gasteiger partial charge in [0.15, 0.2) is 0 Å². The Morgan fingerprint density at radius 3 is 2.74 bits per heavy atom. The summed E-state index contributed by atoms with van der Waals surface area (Å²) in [5, 5.41) is 10.7. The number of piperidine rings is 1. The van der Waals surface area contributed by atoms with E-state index >= 15 is 0 Å². The molecule has 2 aliphatic heterocycles. The second kappa shape index (κ2) is 6.91. The number of ether oxygens (including phenoxy) is 1. The third kappa shape index (κ3) is 3.58. The first-order valence-corrected chi connectivity index (χ1v) is 7.87. The molecule has 3 heterocycles. The van der Waals surface area contributed by atoms with Gasteiger partial charge in [0.1, 0.15) is 12.0 Å². The van der Waals surface area contributed by atoms with Crippen molar-refractivity contribution in [2.24, 2.45) is 5.92 Å². The van der Waals surface area contributed by atoms with Gasteiger partial charge in [0.05, 0.1) is 24.1 Å². The minimum atomic E-state index is -0.461. The molecule has 1 atom stereocenters. The molecule has 0 radical (unpaired) electrons. The van der Waals surface area contributed by atoms with Gasteiger partial charge in [0.2, 0.25) is 5.91 Å². The van der Waals surface area contributed by atoms with Gasteiger partial charge in [-0.1, -0.05) is 0 Å². The quantitative estimate of drug-likeness (QED) is 0.611. The first-order chi connectivity index (χ1) is 11.1. The van der Waals surface area contributed by atoms with Gasteiger partial charge in [-0.05, 0) is 18.9 Å². The zero-order valence-corrected chi connectivity index (χ0v) is 12.9. The molecule has 0 bridgehead atoms. The molecule has 1 amide bonds.